The molecule has 1 N–H and O–H groups in total. The Morgan fingerprint density at radius 3 is 2.35 bits per heavy atom. The maximum Gasteiger partial charge on any atom is 0.115 e. The predicted molar refractivity (Wildman–Crippen MR) is 74.0 cm³/mol. The minimum atomic E-state index is -0.625. The molecule has 0 aliphatic rings. The van der Waals surface area contributed by atoms with E-state index in [0.29, 0.717) is 5.02 Å². The Bertz CT molecular complexity index is 545. The molecule has 0 saturated heterocycles. The van der Waals surface area contributed by atoms with E-state index in [1.165, 1.54) is 4.88 Å². The third kappa shape index (κ3) is 2.54. The van der Waals surface area contributed by atoms with Gasteiger partial charge in [-0.2, -0.15) is 0 Å². The van der Waals surface area contributed by atoms with Crippen molar-refractivity contribution >= 4 is 22.9 Å². The van der Waals surface area contributed by atoms with Crippen LogP contribution in [0.3, 0.4) is 0 Å². The number of rotatable bonds is 2. The van der Waals surface area contributed by atoms with Gasteiger partial charge in [-0.3, -0.25) is 0 Å². The number of halogens is 1. The molecule has 0 aliphatic heterocycles. The molecule has 0 spiro atoms. The average molecular weight is 267 g/mol. The molecule has 90 valence electrons. The molecule has 17 heavy (non-hydrogen) atoms. The zero-order valence-corrected chi connectivity index (χ0v) is 11.7. The Morgan fingerprint density at radius 2 is 1.76 bits per heavy atom. The van der Waals surface area contributed by atoms with Crippen LogP contribution in [0, 0.1) is 20.8 Å². The van der Waals surface area contributed by atoms with Gasteiger partial charge in [0, 0.05) is 20.3 Å². The van der Waals surface area contributed by atoms with Gasteiger partial charge >= 0.3 is 0 Å². The molecular weight excluding hydrogens is 252 g/mol. The van der Waals surface area contributed by atoms with Crippen LogP contribution in [0.15, 0.2) is 24.3 Å². The highest BCUT2D eigenvalue weighted by Crippen LogP contribution is 2.33. The van der Waals surface area contributed by atoms with E-state index < -0.39 is 6.10 Å². The highest BCUT2D eigenvalue weighted by Gasteiger charge is 2.16. The van der Waals surface area contributed by atoms with E-state index >= 15 is 0 Å². The van der Waals surface area contributed by atoms with Crippen LogP contribution in [-0.4, -0.2) is 5.11 Å². The summed E-state index contributed by atoms with van der Waals surface area (Å²) < 4.78 is 0. The molecule has 0 saturated carbocycles. The summed E-state index contributed by atoms with van der Waals surface area (Å²) >= 11 is 7.80. The Kier molecular flexibility index (Phi) is 3.57. The normalized spacial score (nSPS) is 12.8. The summed E-state index contributed by atoms with van der Waals surface area (Å²) in [7, 11) is 0. The molecule has 0 fully saturated rings. The lowest BCUT2D eigenvalue weighted by atomic mass is 10.0. The van der Waals surface area contributed by atoms with Gasteiger partial charge in [0.1, 0.15) is 6.10 Å². The summed E-state index contributed by atoms with van der Waals surface area (Å²) in [6.07, 6.45) is -0.625. The van der Waals surface area contributed by atoms with Crippen LogP contribution in [0.25, 0.3) is 0 Å². The van der Waals surface area contributed by atoms with Crippen LogP contribution in [0.1, 0.15) is 32.5 Å². The monoisotopic (exact) mass is 266 g/mol. The first-order valence-corrected chi connectivity index (χ1v) is 6.69. The van der Waals surface area contributed by atoms with Gasteiger partial charge in [0.2, 0.25) is 0 Å². The maximum atomic E-state index is 10.3. The standard InChI is InChI=1S/C14H15ClOS/c1-8-6-11(12(15)7-9(8)2)14(16)13-5-4-10(3)17-13/h4-7,14,16H,1-3H3. The highest BCUT2D eigenvalue weighted by atomic mass is 35.5. The molecule has 1 nitrogen and oxygen atoms in total. The second-order valence-electron chi connectivity index (χ2n) is 4.31. The van der Waals surface area contributed by atoms with Gasteiger partial charge in [0.05, 0.1) is 0 Å². The van der Waals surface area contributed by atoms with Crippen molar-refractivity contribution in [2.75, 3.05) is 0 Å². The minimum absolute atomic E-state index is 0.625. The van der Waals surface area contributed by atoms with Crippen LogP contribution < -0.4 is 0 Å². The fourth-order valence-corrected chi connectivity index (χ4v) is 2.97. The summed E-state index contributed by atoms with van der Waals surface area (Å²) in [6.45, 7) is 6.08. The van der Waals surface area contributed by atoms with Gasteiger partial charge in [-0.15, -0.1) is 11.3 Å². The van der Waals surface area contributed by atoms with Gasteiger partial charge in [-0.1, -0.05) is 17.7 Å². The van der Waals surface area contributed by atoms with Crippen LogP contribution in [0.2, 0.25) is 5.02 Å². The van der Waals surface area contributed by atoms with Crippen molar-refractivity contribution in [1.82, 2.24) is 0 Å². The number of thiophene rings is 1. The van der Waals surface area contributed by atoms with Crippen molar-refractivity contribution < 1.29 is 5.11 Å². The minimum Gasteiger partial charge on any atom is -0.383 e. The first-order chi connectivity index (χ1) is 7.99. The van der Waals surface area contributed by atoms with Crippen LogP contribution in [0.5, 0.6) is 0 Å². The first kappa shape index (κ1) is 12.6. The lowest BCUT2D eigenvalue weighted by Crippen LogP contribution is -1.99. The summed E-state index contributed by atoms with van der Waals surface area (Å²) in [4.78, 5) is 2.13. The fourth-order valence-electron chi connectivity index (χ4n) is 1.77. The second kappa shape index (κ2) is 4.81. The fraction of sp³-hybridized carbons (Fsp3) is 0.286. The molecule has 1 unspecified atom stereocenters. The van der Waals surface area contributed by atoms with Crippen molar-refractivity contribution in [3.63, 3.8) is 0 Å². The van der Waals surface area contributed by atoms with E-state index in [4.69, 9.17) is 11.6 Å². The molecule has 0 amide bonds. The molecule has 1 heterocycles. The molecule has 1 aromatic carbocycles. The summed E-state index contributed by atoms with van der Waals surface area (Å²) in [6, 6.07) is 7.85. The number of aliphatic hydroxyl groups is 1. The van der Waals surface area contributed by atoms with Crippen molar-refractivity contribution in [3.8, 4) is 0 Å². The second-order valence-corrected chi connectivity index (χ2v) is 6.04. The molecule has 0 radical (unpaired) electrons. The Hall–Kier alpha value is -0.830. The van der Waals surface area contributed by atoms with Crippen LogP contribution in [0.4, 0.5) is 0 Å². The largest absolute Gasteiger partial charge is 0.383 e. The highest BCUT2D eigenvalue weighted by molar-refractivity contribution is 7.12. The number of aliphatic hydroxyl groups excluding tert-OH is 1. The first-order valence-electron chi connectivity index (χ1n) is 5.50. The lowest BCUT2D eigenvalue weighted by Gasteiger charge is -2.13. The zero-order chi connectivity index (χ0) is 12.6. The third-order valence-corrected chi connectivity index (χ3v) is 4.32. The van der Waals surface area contributed by atoms with Crippen molar-refractivity contribution in [1.29, 1.82) is 0 Å². The number of hydrogen-bond acceptors (Lipinski definition) is 2. The molecule has 1 aromatic heterocycles. The number of hydrogen-bond donors (Lipinski definition) is 1. The van der Waals surface area contributed by atoms with E-state index in [2.05, 4.69) is 0 Å². The topological polar surface area (TPSA) is 20.2 Å². The number of benzene rings is 1. The van der Waals surface area contributed by atoms with Gasteiger partial charge in [-0.05, 0) is 50.1 Å². The van der Waals surface area contributed by atoms with E-state index in [9.17, 15) is 5.11 Å². The maximum absolute atomic E-state index is 10.3. The SMILES string of the molecule is Cc1ccc(C(O)c2cc(C)c(C)cc2Cl)s1. The molecular formula is C14H15ClOS. The Balaban J connectivity index is 2.43. The van der Waals surface area contributed by atoms with Crippen molar-refractivity contribution in [3.05, 3.63) is 55.7 Å². The molecule has 0 bridgehead atoms. The van der Waals surface area contributed by atoms with Gasteiger partial charge in [-0.25, -0.2) is 0 Å². The third-order valence-electron chi connectivity index (χ3n) is 2.94. The van der Waals surface area contributed by atoms with Gasteiger partial charge in [0.25, 0.3) is 0 Å². The quantitative estimate of drug-likeness (QED) is 0.854. The lowest BCUT2D eigenvalue weighted by molar-refractivity contribution is 0.224. The molecule has 3 heteroatoms. The van der Waals surface area contributed by atoms with Crippen molar-refractivity contribution in [2.24, 2.45) is 0 Å². The van der Waals surface area contributed by atoms with E-state index in [1.807, 2.05) is 45.0 Å². The predicted octanol–water partition coefficient (Wildman–Crippen LogP) is 4.41. The van der Waals surface area contributed by atoms with E-state index in [-0.39, 0.29) is 0 Å². The smallest absolute Gasteiger partial charge is 0.115 e. The van der Waals surface area contributed by atoms with E-state index in [0.717, 1.165) is 21.6 Å². The summed E-state index contributed by atoms with van der Waals surface area (Å²) in [5, 5.41) is 11.0. The zero-order valence-electron chi connectivity index (χ0n) is 10.1. The van der Waals surface area contributed by atoms with E-state index in [1.54, 1.807) is 11.3 Å². The molecule has 0 aliphatic carbocycles. The van der Waals surface area contributed by atoms with Crippen LogP contribution >= 0.6 is 22.9 Å². The molecule has 2 rings (SSSR count). The van der Waals surface area contributed by atoms with Gasteiger partial charge in [0.15, 0.2) is 0 Å². The number of aryl methyl sites for hydroxylation is 3. The Labute approximate surface area is 111 Å². The molecule has 2 aromatic rings. The Morgan fingerprint density at radius 1 is 1.12 bits per heavy atom. The summed E-state index contributed by atoms with van der Waals surface area (Å²) in [5.41, 5.74) is 3.08. The van der Waals surface area contributed by atoms with Crippen molar-refractivity contribution in [2.45, 2.75) is 26.9 Å². The average Bonchev–Trinajstić information content (AvgIpc) is 2.69. The van der Waals surface area contributed by atoms with Gasteiger partial charge < -0.3 is 5.11 Å². The van der Waals surface area contributed by atoms with Crippen LogP contribution in [-0.2, 0) is 0 Å². The summed E-state index contributed by atoms with van der Waals surface area (Å²) in [5.74, 6) is 0. The molecule has 1 atom stereocenters.